The van der Waals surface area contributed by atoms with Gasteiger partial charge in [-0.25, -0.2) is 55.6 Å². The molecule has 18 nitrogen and oxygen atoms in total. The Morgan fingerprint density at radius 2 is 1.03 bits per heavy atom. The predicted molar refractivity (Wildman–Crippen MR) is 305 cm³/mol. The lowest BCUT2D eigenvalue weighted by atomic mass is 9.80. The molecule has 76 heavy (non-hydrogen) atoms. The number of rotatable bonds is 17. The van der Waals surface area contributed by atoms with Gasteiger partial charge in [0.05, 0.1) is 47.4 Å². The minimum atomic E-state index is -3.22. The monoisotopic (exact) mass is 1160 g/mol. The largest absolute Gasteiger partial charge is 0.355 e. The number of hydrogen-bond donors (Lipinski definition) is 2. The van der Waals surface area contributed by atoms with Gasteiger partial charge in [0.15, 0.2) is 11.3 Å². The Labute approximate surface area is 467 Å². The Bertz CT molecular complexity index is 3260. The first-order valence-corrected chi connectivity index (χ1v) is 31.3. The number of aryl methyl sites for hydroxylation is 2. The molecule has 0 bridgehead atoms. The highest BCUT2D eigenvalue weighted by Crippen LogP contribution is 2.37. The van der Waals surface area contributed by atoms with Crippen molar-refractivity contribution in [2.24, 2.45) is 23.7 Å². The van der Waals surface area contributed by atoms with E-state index in [4.69, 9.17) is 76.5 Å². The number of sulfonamides is 2. The Hall–Kier alpha value is -3.96. The number of halogens is 4. The molecule has 0 spiro atoms. The van der Waals surface area contributed by atoms with Gasteiger partial charge in [0, 0.05) is 85.5 Å². The zero-order valence-corrected chi connectivity index (χ0v) is 49.0. The SMILES string of the molecule is Cc1nn(C(C)c2ccc(Cl)cc2Cl)c2nc(N3CC(C4CCCN(CCNS(=O)(=O)C(C)C)C4)C3)cnc12.Cc1nn(C(C)c2ccc(Cl)cc2Cl)c2nc(N3CC(C4CCCN(CCNS(C)(=O)=O)C4)C3)cnc12. The van der Waals surface area contributed by atoms with Gasteiger partial charge in [-0.3, -0.25) is 0 Å². The van der Waals surface area contributed by atoms with E-state index in [0.717, 1.165) is 135 Å². The average Bonchev–Trinajstić information content (AvgIpc) is 3.85. The average molecular weight is 1160 g/mol. The van der Waals surface area contributed by atoms with Crippen LogP contribution in [-0.4, -0.2) is 156 Å². The number of nitrogens with one attached hydrogen (secondary N) is 2. The van der Waals surface area contributed by atoms with Crippen molar-refractivity contribution in [3.63, 3.8) is 0 Å². The van der Waals surface area contributed by atoms with Crippen LogP contribution in [0.4, 0.5) is 11.6 Å². The van der Waals surface area contributed by atoms with Gasteiger partial charge in [-0.15, -0.1) is 0 Å². The van der Waals surface area contributed by atoms with Crippen LogP contribution in [0, 0.1) is 37.5 Å². The molecule has 6 aromatic rings. The Kier molecular flexibility index (Phi) is 17.8. The molecule has 4 atom stereocenters. The summed E-state index contributed by atoms with van der Waals surface area (Å²) in [7, 11) is -6.36. The van der Waals surface area contributed by atoms with Crippen LogP contribution in [0.15, 0.2) is 48.8 Å². The lowest BCUT2D eigenvalue weighted by molar-refractivity contribution is 0.121. The molecule has 0 radical (unpaired) electrons. The van der Waals surface area contributed by atoms with Gasteiger partial charge in [-0.2, -0.15) is 10.2 Å². The minimum Gasteiger partial charge on any atom is -0.355 e. The van der Waals surface area contributed by atoms with Crippen molar-refractivity contribution >= 4 is 100 Å². The van der Waals surface area contributed by atoms with Crippen LogP contribution >= 0.6 is 46.4 Å². The van der Waals surface area contributed by atoms with E-state index in [1.54, 1.807) is 26.0 Å². The third kappa shape index (κ3) is 13.0. The van der Waals surface area contributed by atoms with Crippen LogP contribution in [0.1, 0.15) is 88.0 Å². The van der Waals surface area contributed by atoms with Crippen molar-refractivity contribution < 1.29 is 16.8 Å². The van der Waals surface area contributed by atoms with Crippen molar-refractivity contribution in [2.45, 2.75) is 84.6 Å². The lowest BCUT2D eigenvalue weighted by Gasteiger charge is -2.47. The molecular formula is C52H70Cl4N14O4S2. The van der Waals surface area contributed by atoms with Crippen molar-refractivity contribution in [3.05, 3.63) is 91.4 Å². The summed E-state index contributed by atoms with van der Waals surface area (Å²) in [6, 6.07) is 10.8. The number of nitrogens with zero attached hydrogens (tertiary/aromatic N) is 12. The van der Waals surface area contributed by atoms with E-state index in [0.29, 0.717) is 56.9 Å². The maximum absolute atomic E-state index is 12.0. The number of piperidine rings is 2. The molecule has 2 N–H and O–H groups in total. The maximum atomic E-state index is 12.0. The smallest absolute Gasteiger partial charge is 0.213 e. The summed E-state index contributed by atoms with van der Waals surface area (Å²) >= 11 is 25.2. The van der Waals surface area contributed by atoms with Crippen LogP contribution in [-0.2, 0) is 20.0 Å². The van der Waals surface area contributed by atoms with Crippen molar-refractivity contribution in [1.82, 2.24) is 58.7 Å². The number of fused-ring (bicyclic) bond motifs is 2. The van der Waals surface area contributed by atoms with Gasteiger partial charge in [0.25, 0.3) is 0 Å². The van der Waals surface area contributed by atoms with Gasteiger partial charge in [-0.1, -0.05) is 58.5 Å². The highest BCUT2D eigenvalue weighted by atomic mass is 35.5. The molecule has 24 heteroatoms. The van der Waals surface area contributed by atoms with E-state index in [2.05, 4.69) is 42.9 Å². The Balaban J connectivity index is 0.000000186. The second-order valence-corrected chi connectivity index (χ2v) is 27.3. The highest BCUT2D eigenvalue weighted by Gasteiger charge is 2.38. The van der Waals surface area contributed by atoms with E-state index in [-0.39, 0.29) is 12.1 Å². The van der Waals surface area contributed by atoms with Gasteiger partial charge < -0.3 is 19.6 Å². The molecule has 4 fully saturated rings. The van der Waals surface area contributed by atoms with E-state index >= 15 is 0 Å². The summed E-state index contributed by atoms with van der Waals surface area (Å²) in [6.45, 7) is 21.7. The molecule has 4 unspecified atom stereocenters. The topological polar surface area (TPSA) is 192 Å². The van der Waals surface area contributed by atoms with Crippen LogP contribution in [0.5, 0.6) is 0 Å². The Morgan fingerprint density at radius 3 is 1.42 bits per heavy atom. The summed E-state index contributed by atoms with van der Waals surface area (Å²) in [5, 5.41) is 11.5. The van der Waals surface area contributed by atoms with E-state index in [1.807, 2.05) is 59.9 Å². The molecule has 10 rings (SSSR count). The molecule has 4 aliphatic heterocycles. The first-order chi connectivity index (χ1) is 36.1. The van der Waals surface area contributed by atoms with Crippen LogP contribution in [0.3, 0.4) is 0 Å². The van der Waals surface area contributed by atoms with Crippen molar-refractivity contribution in [1.29, 1.82) is 0 Å². The second kappa shape index (κ2) is 23.8. The number of likely N-dealkylation sites (tertiary alicyclic amines) is 2. The third-order valence-electron chi connectivity index (χ3n) is 15.7. The Morgan fingerprint density at radius 1 is 0.605 bits per heavy atom. The molecule has 4 aromatic heterocycles. The molecule has 2 aromatic carbocycles. The van der Waals surface area contributed by atoms with Crippen LogP contribution in [0.2, 0.25) is 20.1 Å². The number of hydrogen-bond acceptors (Lipinski definition) is 14. The summed E-state index contributed by atoms with van der Waals surface area (Å²) in [5.41, 5.74) is 6.62. The van der Waals surface area contributed by atoms with Gasteiger partial charge >= 0.3 is 0 Å². The molecule has 4 saturated heterocycles. The quantitative estimate of drug-likeness (QED) is 0.0887. The molecule has 0 aliphatic carbocycles. The van der Waals surface area contributed by atoms with E-state index < -0.39 is 25.3 Å². The molecule has 412 valence electrons. The van der Waals surface area contributed by atoms with Gasteiger partial charge in [-0.05, 0) is 139 Å². The predicted octanol–water partition coefficient (Wildman–Crippen LogP) is 8.28. The third-order valence-corrected chi connectivity index (χ3v) is 19.4. The minimum absolute atomic E-state index is 0.125. The first-order valence-electron chi connectivity index (χ1n) is 26.3. The number of anilines is 2. The zero-order chi connectivity index (χ0) is 54.2. The second-order valence-electron chi connectivity index (χ2n) is 21.4. The molecule has 4 aliphatic rings. The molecule has 8 heterocycles. The molecule has 0 amide bonds. The first kappa shape index (κ1) is 56.7. The molecular weight excluding hydrogens is 1090 g/mol. The summed E-state index contributed by atoms with van der Waals surface area (Å²) in [5.74, 6) is 4.14. The fourth-order valence-corrected chi connectivity index (χ4v) is 13.4. The molecule has 0 saturated carbocycles. The van der Waals surface area contributed by atoms with Crippen LogP contribution < -0.4 is 19.2 Å². The zero-order valence-electron chi connectivity index (χ0n) is 44.3. The van der Waals surface area contributed by atoms with Crippen LogP contribution in [0.25, 0.3) is 22.3 Å². The highest BCUT2D eigenvalue weighted by molar-refractivity contribution is 7.90. The van der Waals surface area contributed by atoms with Crippen molar-refractivity contribution in [2.75, 3.05) is 94.6 Å². The van der Waals surface area contributed by atoms with E-state index in [1.165, 1.54) is 19.1 Å². The van der Waals surface area contributed by atoms with E-state index in [9.17, 15) is 16.8 Å². The summed E-state index contributed by atoms with van der Waals surface area (Å²) < 4.78 is 55.9. The van der Waals surface area contributed by atoms with Gasteiger partial charge in [0.1, 0.15) is 22.7 Å². The normalized spacial score (nSPS) is 20.2. The fourth-order valence-electron chi connectivity index (χ4n) is 11.1. The number of benzene rings is 2. The van der Waals surface area contributed by atoms with Gasteiger partial charge in [0.2, 0.25) is 20.0 Å². The summed E-state index contributed by atoms with van der Waals surface area (Å²) in [4.78, 5) is 28.8. The lowest BCUT2D eigenvalue weighted by Crippen LogP contribution is -2.54. The standard InChI is InChI=1S/C27H37Cl2N7O2S.C25H33Cl2N7O2S/c1-17(2)39(37,38)31-9-11-34-10-5-6-20(14-34)21-15-35(16-21)25-13-30-26-18(3)33-36(27(26)32-25)19(4)23-8-7-22(28)12-24(23)29;1-16-24-25(34(31-16)17(2)21-7-6-20(26)11-22(21)27)30-23(12-28-24)33-14-19(15-33)18-5-4-9-32(13-18)10-8-29-37(3,35)36/h7-8,12-13,17,19-21,31H,5-6,9-11,14-16H2,1-4H3;6-7,11-12,17-19,29H,4-5,8-10,13-15H2,1-3H3. The number of aromatic nitrogens is 8. The summed E-state index contributed by atoms with van der Waals surface area (Å²) in [6.07, 6.45) is 9.63. The van der Waals surface area contributed by atoms with Crippen molar-refractivity contribution in [3.8, 4) is 0 Å². The fraction of sp³-hybridized carbons (Fsp3) is 0.577. The maximum Gasteiger partial charge on any atom is 0.213 e.